The van der Waals surface area contributed by atoms with Gasteiger partial charge in [-0.3, -0.25) is 0 Å². The van der Waals surface area contributed by atoms with Crippen LogP contribution in [0.15, 0.2) is 18.2 Å². The van der Waals surface area contributed by atoms with Gasteiger partial charge in [0.2, 0.25) is 0 Å². The summed E-state index contributed by atoms with van der Waals surface area (Å²) in [6, 6.07) is 5.20. The summed E-state index contributed by atoms with van der Waals surface area (Å²) in [4.78, 5) is 12.0. The van der Waals surface area contributed by atoms with E-state index in [0.717, 1.165) is 31.2 Å². The normalized spacial score (nSPS) is 21.7. The van der Waals surface area contributed by atoms with Gasteiger partial charge in [-0.1, -0.05) is 35.0 Å². The van der Waals surface area contributed by atoms with Crippen LogP contribution in [0.4, 0.5) is 4.79 Å². The number of hydrogen-bond acceptors (Lipinski definition) is 2. The molecular weight excluding hydrogens is 333 g/mol. The monoisotopic (exact) mass is 353 g/mol. The summed E-state index contributed by atoms with van der Waals surface area (Å²) in [5.74, 6) is 5.95. The molecule has 1 fully saturated rings. The lowest BCUT2D eigenvalue weighted by molar-refractivity contribution is 0.230. The predicted molar refractivity (Wildman–Crippen MR) is 94.7 cm³/mol. The van der Waals surface area contributed by atoms with Crippen molar-refractivity contribution >= 4 is 29.2 Å². The molecule has 23 heavy (non-hydrogen) atoms. The maximum atomic E-state index is 12.0. The van der Waals surface area contributed by atoms with Gasteiger partial charge in [0.25, 0.3) is 0 Å². The Bertz CT molecular complexity index is 616. The minimum Gasteiger partial charge on any atom is -0.335 e. The minimum atomic E-state index is -0.268. The first-order chi connectivity index (χ1) is 10.9. The molecule has 1 saturated carbocycles. The van der Waals surface area contributed by atoms with Crippen LogP contribution in [-0.4, -0.2) is 24.2 Å². The zero-order valence-corrected chi connectivity index (χ0v) is 14.5. The van der Waals surface area contributed by atoms with Crippen LogP contribution in [0, 0.1) is 11.8 Å². The molecule has 124 valence electrons. The standard InChI is InChI=1S/C17H21Cl2N3O/c1-11(2-3-12-4-9-15(18)16(19)10-12)21-17(23)22-14-7-5-13(20)6-8-14/h4,9-11,13-14H,5-8,20H2,1H3,(H2,21,22,23). The van der Waals surface area contributed by atoms with E-state index in [4.69, 9.17) is 28.9 Å². The van der Waals surface area contributed by atoms with E-state index in [1.54, 1.807) is 18.2 Å². The highest BCUT2D eigenvalue weighted by Crippen LogP contribution is 2.22. The highest BCUT2D eigenvalue weighted by atomic mass is 35.5. The molecule has 2 rings (SSSR count). The molecule has 0 radical (unpaired) electrons. The van der Waals surface area contributed by atoms with Crippen LogP contribution in [0.25, 0.3) is 0 Å². The van der Waals surface area contributed by atoms with Crippen LogP contribution in [0.1, 0.15) is 38.2 Å². The Morgan fingerprint density at radius 3 is 2.61 bits per heavy atom. The number of carbonyl (C=O) groups is 1. The molecule has 1 aromatic carbocycles. The van der Waals surface area contributed by atoms with Crippen molar-refractivity contribution in [3.63, 3.8) is 0 Å². The van der Waals surface area contributed by atoms with Gasteiger partial charge < -0.3 is 16.4 Å². The van der Waals surface area contributed by atoms with Gasteiger partial charge in [0, 0.05) is 17.6 Å². The van der Waals surface area contributed by atoms with E-state index in [1.807, 2.05) is 6.92 Å². The molecule has 1 atom stereocenters. The summed E-state index contributed by atoms with van der Waals surface area (Å²) in [7, 11) is 0. The van der Waals surface area contributed by atoms with Crippen LogP contribution in [0.2, 0.25) is 10.0 Å². The van der Waals surface area contributed by atoms with Gasteiger partial charge in [-0.2, -0.15) is 0 Å². The molecule has 0 heterocycles. The minimum absolute atomic E-state index is 0.193. The second kappa shape index (κ2) is 8.44. The second-order valence-electron chi connectivity index (χ2n) is 5.85. The van der Waals surface area contributed by atoms with Crippen molar-refractivity contribution in [2.75, 3.05) is 0 Å². The van der Waals surface area contributed by atoms with Crippen molar-refractivity contribution in [2.24, 2.45) is 5.73 Å². The molecule has 0 aromatic heterocycles. The van der Waals surface area contributed by atoms with Gasteiger partial charge in [0.15, 0.2) is 0 Å². The lowest BCUT2D eigenvalue weighted by atomic mass is 9.92. The Morgan fingerprint density at radius 2 is 1.96 bits per heavy atom. The molecule has 1 aromatic rings. The molecule has 4 N–H and O–H groups in total. The number of nitrogens with one attached hydrogen (secondary N) is 2. The Morgan fingerprint density at radius 1 is 1.26 bits per heavy atom. The Labute approximate surface area is 147 Å². The van der Waals surface area contributed by atoms with Crippen molar-refractivity contribution in [3.05, 3.63) is 33.8 Å². The second-order valence-corrected chi connectivity index (χ2v) is 6.66. The fraction of sp³-hybridized carbons (Fsp3) is 0.471. The van der Waals surface area contributed by atoms with Gasteiger partial charge in [0.1, 0.15) is 0 Å². The lowest BCUT2D eigenvalue weighted by Gasteiger charge is -2.27. The lowest BCUT2D eigenvalue weighted by Crippen LogP contribution is -2.47. The van der Waals surface area contributed by atoms with Crippen LogP contribution < -0.4 is 16.4 Å². The van der Waals surface area contributed by atoms with Crippen molar-refractivity contribution in [1.82, 2.24) is 10.6 Å². The molecule has 1 aliphatic carbocycles. The van der Waals surface area contributed by atoms with Gasteiger partial charge in [-0.25, -0.2) is 4.79 Å². The zero-order valence-electron chi connectivity index (χ0n) is 13.0. The molecule has 0 saturated heterocycles. The summed E-state index contributed by atoms with van der Waals surface area (Å²) >= 11 is 11.8. The third-order valence-corrected chi connectivity index (χ3v) is 4.55. The van der Waals surface area contributed by atoms with Gasteiger partial charge in [0.05, 0.1) is 16.1 Å². The molecule has 0 bridgehead atoms. The first-order valence-electron chi connectivity index (χ1n) is 7.73. The summed E-state index contributed by atoms with van der Waals surface area (Å²) < 4.78 is 0. The maximum absolute atomic E-state index is 12.0. The highest BCUT2D eigenvalue weighted by molar-refractivity contribution is 6.42. The Balaban J connectivity index is 1.82. The molecule has 2 amide bonds. The number of amides is 2. The predicted octanol–water partition coefficient (Wildman–Crippen LogP) is 3.30. The largest absolute Gasteiger partial charge is 0.335 e. The van der Waals surface area contributed by atoms with Crippen LogP contribution in [0.5, 0.6) is 0 Å². The van der Waals surface area contributed by atoms with E-state index in [0.29, 0.717) is 10.0 Å². The molecule has 4 nitrogen and oxygen atoms in total. The Kier molecular flexibility index (Phi) is 6.59. The summed E-state index contributed by atoms with van der Waals surface area (Å²) in [6.45, 7) is 1.83. The fourth-order valence-electron chi connectivity index (χ4n) is 2.49. The van der Waals surface area contributed by atoms with E-state index >= 15 is 0 Å². The smallest absolute Gasteiger partial charge is 0.315 e. The van der Waals surface area contributed by atoms with Crippen LogP contribution in [0.3, 0.4) is 0 Å². The topological polar surface area (TPSA) is 67.2 Å². The molecular formula is C17H21Cl2N3O. The van der Waals surface area contributed by atoms with Gasteiger partial charge in [-0.15, -0.1) is 0 Å². The van der Waals surface area contributed by atoms with Crippen molar-refractivity contribution in [3.8, 4) is 11.8 Å². The van der Waals surface area contributed by atoms with Gasteiger partial charge >= 0.3 is 6.03 Å². The summed E-state index contributed by atoms with van der Waals surface area (Å²) in [6.07, 6.45) is 3.77. The third kappa shape index (κ3) is 5.95. The summed E-state index contributed by atoms with van der Waals surface area (Å²) in [5, 5.41) is 6.75. The number of urea groups is 1. The Hall–Kier alpha value is -1.41. The zero-order chi connectivity index (χ0) is 16.8. The van der Waals surface area contributed by atoms with E-state index in [9.17, 15) is 4.79 Å². The van der Waals surface area contributed by atoms with Crippen LogP contribution in [-0.2, 0) is 0 Å². The fourth-order valence-corrected chi connectivity index (χ4v) is 2.79. The average molecular weight is 354 g/mol. The van der Waals surface area contributed by atoms with Crippen LogP contribution >= 0.6 is 23.2 Å². The number of carbonyl (C=O) groups excluding carboxylic acids is 1. The number of rotatable bonds is 2. The van der Waals surface area contributed by atoms with E-state index in [-0.39, 0.29) is 24.2 Å². The number of halogens is 2. The quantitative estimate of drug-likeness (QED) is 0.714. The molecule has 1 aliphatic rings. The number of hydrogen-bond donors (Lipinski definition) is 3. The summed E-state index contributed by atoms with van der Waals surface area (Å²) in [5.41, 5.74) is 6.62. The molecule has 1 unspecified atom stereocenters. The van der Waals surface area contributed by atoms with E-state index in [2.05, 4.69) is 22.5 Å². The van der Waals surface area contributed by atoms with E-state index in [1.165, 1.54) is 0 Å². The highest BCUT2D eigenvalue weighted by Gasteiger charge is 2.20. The maximum Gasteiger partial charge on any atom is 0.315 e. The number of nitrogens with two attached hydrogens (primary N) is 1. The number of benzene rings is 1. The molecule has 0 spiro atoms. The van der Waals surface area contributed by atoms with Crippen molar-refractivity contribution in [2.45, 2.75) is 50.7 Å². The first-order valence-corrected chi connectivity index (χ1v) is 8.49. The van der Waals surface area contributed by atoms with Crippen molar-refractivity contribution < 1.29 is 4.79 Å². The SMILES string of the molecule is CC(C#Cc1ccc(Cl)c(Cl)c1)NC(=O)NC1CCC(N)CC1. The van der Waals surface area contributed by atoms with Crippen molar-refractivity contribution in [1.29, 1.82) is 0 Å². The molecule has 6 heteroatoms. The first kappa shape index (κ1) is 17.9. The average Bonchev–Trinajstić information content (AvgIpc) is 2.51. The van der Waals surface area contributed by atoms with Gasteiger partial charge in [-0.05, 0) is 50.8 Å². The third-order valence-electron chi connectivity index (χ3n) is 3.81. The van der Waals surface area contributed by atoms with E-state index < -0.39 is 0 Å². The molecule has 0 aliphatic heterocycles.